The molecule has 1 aromatic carbocycles. The summed E-state index contributed by atoms with van der Waals surface area (Å²) >= 11 is 0. The second-order valence-corrected chi connectivity index (χ2v) is 3.57. The van der Waals surface area contributed by atoms with Crippen LogP contribution in [0.5, 0.6) is 0 Å². The van der Waals surface area contributed by atoms with Crippen molar-refractivity contribution in [3.8, 4) is 11.8 Å². The molecule has 0 aliphatic rings. The monoisotopic (exact) mass is 242 g/mol. The van der Waals surface area contributed by atoms with E-state index in [1.54, 1.807) is 6.92 Å². The van der Waals surface area contributed by atoms with E-state index in [-0.39, 0.29) is 12.0 Å². The molecule has 1 N–H and O–H groups in total. The second-order valence-electron chi connectivity index (χ2n) is 3.57. The van der Waals surface area contributed by atoms with Crippen molar-refractivity contribution in [3.63, 3.8) is 0 Å². The molecule has 92 valence electrons. The van der Waals surface area contributed by atoms with Crippen molar-refractivity contribution in [1.29, 1.82) is 0 Å². The smallest absolute Gasteiger partial charge is 0.388 e. The van der Waals surface area contributed by atoms with Crippen molar-refractivity contribution in [1.82, 2.24) is 0 Å². The van der Waals surface area contributed by atoms with E-state index in [1.807, 2.05) is 0 Å². The lowest BCUT2D eigenvalue weighted by Crippen LogP contribution is -2.11. The molecule has 0 amide bonds. The highest BCUT2D eigenvalue weighted by atomic mass is 19.4. The zero-order valence-corrected chi connectivity index (χ0v) is 9.38. The summed E-state index contributed by atoms with van der Waals surface area (Å²) in [5.74, 6) is 5.35. The SMILES string of the molecule is CC#CCCC(O)c1ccccc1C(F)(F)F. The van der Waals surface area contributed by atoms with Gasteiger partial charge >= 0.3 is 6.18 Å². The Morgan fingerprint density at radius 3 is 2.53 bits per heavy atom. The molecule has 1 rings (SSSR count). The number of hydrogen-bond acceptors (Lipinski definition) is 1. The highest BCUT2D eigenvalue weighted by Gasteiger charge is 2.34. The van der Waals surface area contributed by atoms with Gasteiger partial charge in [-0.3, -0.25) is 0 Å². The Morgan fingerprint density at radius 1 is 1.29 bits per heavy atom. The molecule has 4 heteroatoms. The van der Waals surface area contributed by atoms with Crippen LogP contribution in [0.3, 0.4) is 0 Å². The van der Waals surface area contributed by atoms with Crippen LogP contribution in [0.25, 0.3) is 0 Å². The highest BCUT2D eigenvalue weighted by Crippen LogP contribution is 2.35. The van der Waals surface area contributed by atoms with E-state index in [0.717, 1.165) is 6.07 Å². The van der Waals surface area contributed by atoms with Crippen LogP contribution in [0.2, 0.25) is 0 Å². The molecule has 0 saturated carbocycles. The summed E-state index contributed by atoms with van der Waals surface area (Å²) in [4.78, 5) is 0. The summed E-state index contributed by atoms with van der Waals surface area (Å²) in [6.07, 6.45) is -4.99. The summed E-state index contributed by atoms with van der Waals surface area (Å²) in [6.45, 7) is 1.65. The number of aliphatic hydroxyl groups is 1. The Bertz CT molecular complexity index is 426. The van der Waals surface area contributed by atoms with Crippen molar-refractivity contribution in [2.45, 2.75) is 32.0 Å². The third-order valence-corrected chi connectivity index (χ3v) is 2.34. The standard InChI is InChI=1S/C13H13F3O/c1-2-3-4-9-12(17)10-7-5-6-8-11(10)13(14,15)16/h5-8,12,17H,4,9H2,1H3. The number of aliphatic hydroxyl groups excluding tert-OH is 1. The van der Waals surface area contributed by atoms with Gasteiger partial charge in [0.1, 0.15) is 0 Å². The first kappa shape index (κ1) is 13.6. The normalized spacial score (nSPS) is 12.8. The van der Waals surface area contributed by atoms with Gasteiger partial charge in [0.15, 0.2) is 0 Å². The maximum Gasteiger partial charge on any atom is 0.416 e. The van der Waals surface area contributed by atoms with Crippen molar-refractivity contribution in [3.05, 3.63) is 35.4 Å². The van der Waals surface area contributed by atoms with Crippen molar-refractivity contribution in [2.75, 3.05) is 0 Å². The first-order chi connectivity index (χ1) is 7.96. The lowest BCUT2D eigenvalue weighted by atomic mass is 9.99. The van der Waals surface area contributed by atoms with Crippen molar-refractivity contribution in [2.24, 2.45) is 0 Å². The van der Waals surface area contributed by atoms with Gasteiger partial charge < -0.3 is 5.11 Å². The minimum Gasteiger partial charge on any atom is -0.388 e. The van der Waals surface area contributed by atoms with E-state index >= 15 is 0 Å². The minimum absolute atomic E-state index is 0.0853. The second kappa shape index (κ2) is 5.74. The third-order valence-electron chi connectivity index (χ3n) is 2.34. The molecule has 1 atom stereocenters. The Labute approximate surface area is 98.3 Å². The molecule has 0 radical (unpaired) electrons. The van der Waals surface area contributed by atoms with E-state index in [2.05, 4.69) is 11.8 Å². The van der Waals surface area contributed by atoms with Gasteiger partial charge in [-0.2, -0.15) is 13.2 Å². The Morgan fingerprint density at radius 2 is 1.94 bits per heavy atom. The molecule has 0 heterocycles. The fourth-order valence-corrected chi connectivity index (χ4v) is 1.54. The van der Waals surface area contributed by atoms with Gasteiger partial charge in [-0.1, -0.05) is 18.2 Å². The van der Waals surface area contributed by atoms with Crippen molar-refractivity contribution >= 4 is 0 Å². The molecule has 17 heavy (non-hydrogen) atoms. The van der Waals surface area contributed by atoms with Crippen LogP contribution < -0.4 is 0 Å². The lowest BCUT2D eigenvalue weighted by Gasteiger charge is -2.16. The molecule has 0 bridgehead atoms. The molecule has 0 spiro atoms. The summed E-state index contributed by atoms with van der Waals surface area (Å²) in [7, 11) is 0. The number of benzene rings is 1. The summed E-state index contributed by atoms with van der Waals surface area (Å²) in [5.41, 5.74) is -0.866. The first-order valence-corrected chi connectivity index (χ1v) is 5.20. The zero-order chi connectivity index (χ0) is 12.9. The van der Waals surface area contributed by atoms with Crippen LogP contribution in [0.15, 0.2) is 24.3 Å². The molecular formula is C13H13F3O. The van der Waals surface area contributed by atoms with Gasteiger partial charge in [-0.05, 0) is 25.0 Å². The molecule has 0 aromatic heterocycles. The van der Waals surface area contributed by atoms with Crippen LogP contribution in [0.1, 0.15) is 37.0 Å². The molecule has 0 aliphatic carbocycles. The predicted molar refractivity (Wildman–Crippen MR) is 59.1 cm³/mol. The fraction of sp³-hybridized carbons (Fsp3) is 0.385. The predicted octanol–water partition coefficient (Wildman–Crippen LogP) is 3.54. The topological polar surface area (TPSA) is 20.2 Å². The maximum absolute atomic E-state index is 12.7. The molecule has 0 aliphatic heterocycles. The third kappa shape index (κ3) is 3.79. The Kier molecular flexibility index (Phi) is 4.59. The molecule has 1 nitrogen and oxygen atoms in total. The van der Waals surface area contributed by atoms with Gasteiger partial charge in [-0.15, -0.1) is 11.8 Å². The van der Waals surface area contributed by atoms with Crippen molar-refractivity contribution < 1.29 is 18.3 Å². The fourth-order valence-electron chi connectivity index (χ4n) is 1.54. The summed E-state index contributed by atoms with van der Waals surface area (Å²) < 4.78 is 38.0. The minimum atomic E-state index is -4.44. The average Bonchev–Trinajstić information content (AvgIpc) is 2.28. The molecule has 1 aromatic rings. The quantitative estimate of drug-likeness (QED) is 0.804. The van der Waals surface area contributed by atoms with Gasteiger partial charge in [-0.25, -0.2) is 0 Å². The average molecular weight is 242 g/mol. The van der Waals surface area contributed by atoms with Crippen LogP contribution in [-0.4, -0.2) is 5.11 Å². The highest BCUT2D eigenvalue weighted by molar-refractivity contribution is 5.31. The number of hydrogen-bond donors (Lipinski definition) is 1. The van der Waals surface area contributed by atoms with Crippen LogP contribution >= 0.6 is 0 Å². The van der Waals surface area contributed by atoms with E-state index in [4.69, 9.17) is 0 Å². The van der Waals surface area contributed by atoms with E-state index in [0.29, 0.717) is 6.42 Å². The van der Waals surface area contributed by atoms with E-state index in [9.17, 15) is 18.3 Å². The summed E-state index contributed by atoms with van der Waals surface area (Å²) in [5, 5.41) is 9.72. The number of halogens is 3. The van der Waals surface area contributed by atoms with E-state index in [1.165, 1.54) is 18.2 Å². The Balaban J connectivity index is 2.92. The zero-order valence-electron chi connectivity index (χ0n) is 9.38. The summed E-state index contributed by atoms with van der Waals surface area (Å²) in [6, 6.07) is 5.07. The Hall–Kier alpha value is -1.47. The molecule has 1 unspecified atom stereocenters. The van der Waals surface area contributed by atoms with Gasteiger partial charge in [0.25, 0.3) is 0 Å². The van der Waals surface area contributed by atoms with Gasteiger partial charge in [0.2, 0.25) is 0 Å². The molecular weight excluding hydrogens is 229 g/mol. The van der Waals surface area contributed by atoms with Crippen LogP contribution in [0, 0.1) is 11.8 Å². The number of rotatable bonds is 3. The molecule has 0 saturated heterocycles. The number of alkyl halides is 3. The van der Waals surface area contributed by atoms with Gasteiger partial charge in [0.05, 0.1) is 11.7 Å². The maximum atomic E-state index is 12.7. The largest absolute Gasteiger partial charge is 0.416 e. The van der Waals surface area contributed by atoms with E-state index < -0.39 is 17.8 Å². The van der Waals surface area contributed by atoms with Crippen LogP contribution in [0.4, 0.5) is 13.2 Å². The lowest BCUT2D eigenvalue weighted by molar-refractivity contribution is -0.139. The molecule has 0 fully saturated rings. The van der Waals surface area contributed by atoms with Gasteiger partial charge in [0, 0.05) is 6.42 Å². The van der Waals surface area contributed by atoms with Crippen LogP contribution in [-0.2, 0) is 6.18 Å². The first-order valence-electron chi connectivity index (χ1n) is 5.20.